The summed E-state index contributed by atoms with van der Waals surface area (Å²) in [6.45, 7) is 0.261. The molecule has 0 bridgehead atoms. The van der Waals surface area contributed by atoms with Crippen LogP contribution in [-0.4, -0.2) is 32.2 Å². The van der Waals surface area contributed by atoms with E-state index in [2.05, 4.69) is 14.8 Å². The number of aromatic nitrogens is 3. The number of H-pyrrole nitrogens is 1. The van der Waals surface area contributed by atoms with Gasteiger partial charge in [-0.25, -0.2) is 4.79 Å². The van der Waals surface area contributed by atoms with Crippen LogP contribution in [0.1, 0.15) is 16.1 Å². The molecule has 0 unspecified atom stereocenters. The van der Waals surface area contributed by atoms with Crippen molar-refractivity contribution in [1.29, 1.82) is 0 Å². The quantitative estimate of drug-likeness (QED) is 0.773. The second-order valence-corrected chi connectivity index (χ2v) is 4.82. The van der Waals surface area contributed by atoms with Crippen molar-refractivity contribution in [2.75, 3.05) is 0 Å². The highest BCUT2D eigenvalue weighted by Gasteiger charge is 2.31. The van der Waals surface area contributed by atoms with E-state index in [0.29, 0.717) is 16.6 Å². The van der Waals surface area contributed by atoms with Crippen molar-refractivity contribution in [1.82, 2.24) is 14.8 Å². The van der Waals surface area contributed by atoms with Gasteiger partial charge in [-0.2, -0.15) is 5.10 Å². The molecule has 1 aromatic carbocycles. The predicted molar refractivity (Wildman–Crippen MR) is 73.3 cm³/mol. The summed E-state index contributed by atoms with van der Waals surface area (Å²) >= 11 is 0. The lowest BCUT2D eigenvalue weighted by Gasteiger charge is -2.08. The fraction of sp³-hybridized carbons (Fsp3) is 0.143. The molecule has 0 saturated carbocycles. The third-order valence-electron chi connectivity index (χ3n) is 3.09. The van der Waals surface area contributed by atoms with Gasteiger partial charge in [0, 0.05) is 22.8 Å². The molecule has 2 N–H and O–H groups in total. The number of fused-ring (bicyclic) bond motifs is 1. The van der Waals surface area contributed by atoms with E-state index in [1.165, 1.54) is 35.3 Å². The molecule has 2 aromatic heterocycles. The van der Waals surface area contributed by atoms with E-state index in [9.17, 15) is 18.0 Å². The van der Waals surface area contributed by atoms with Gasteiger partial charge in [-0.3, -0.25) is 4.68 Å². The topological polar surface area (TPSA) is 80.1 Å². The van der Waals surface area contributed by atoms with Crippen molar-refractivity contribution in [3.05, 3.63) is 47.9 Å². The molecule has 0 aliphatic heterocycles. The highest BCUT2D eigenvalue weighted by molar-refractivity contribution is 5.86. The molecule has 0 saturated heterocycles. The first-order chi connectivity index (χ1) is 10.8. The van der Waals surface area contributed by atoms with Crippen LogP contribution in [0.15, 0.2) is 36.7 Å². The van der Waals surface area contributed by atoms with Crippen molar-refractivity contribution in [3.8, 4) is 5.75 Å². The smallest absolute Gasteiger partial charge is 0.478 e. The maximum atomic E-state index is 12.2. The lowest BCUT2D eigenvalue weighted by atomic mass is 10.2. The third-order valence-corrected chi connectivity index (χ3v) is 3.09. The summed E-state index contributed by atoms with van der Waals surface area (Å²) in [5.74, 6) is -1.38. The zero-order valence-corrected chi connectivity index (χ0v) is 11.5. The molecule has 0 amide bonds. The SMILES string of the molecule is O=C(O)c1cnn(Cc2cc3cc(OC(F)(F)F)ccc3[nH]2)c1. The fourth-order valence-electron chi connectivity index (χ4n) is 2.19. The summed E-state index contributed by atoms with van der Waals surface area (Å²) in [5, 5.41) is 13.3. The van der Waals surface area contributed by atoms with Crippen LogP contribution >= 0.6 is 0 Å². The number of nitrogens with zero attached hydrogens (tertiary/aromatic N) is 2. The van der Waals surface area contributed by atoms with Crippen molar-refractivity contribution in [3.63, 3.8) is 0 Å². The van der Waals surface area contributed by atoms with E-state index in [4.69, 9.17) is 5.11 Å². The van der Waals surface area contributed by atoms with Crippen molar-refractivity contribution < 1.29 is 27.8 Å². The summed E-state index contributed by atoms with van der Waals surface area (Å²) in [7, 11) is 0. The highest BCUT2D eigenvalue weighted by Crippen LogP contribution is 2.27. The lowest BCUT2D eigenvalue weighted by molar-refractivity contribution is -0.274. The molecule has 2 heterocycles. The number of carboxylic acid groups (broad SMARTS) is 1. The first-order valence-corrected chi connectivity index (χ1v) is 6.43. The van der Waals surface area contributed by atoms with E-state index in [-0.39, 0.29) is 17.9 Å². The molecular formula is C14H10F3N3O3. The molecule has 6 nitrogen and oxygen atoms in total. The molecule has 0 aliphatic carbocycles. The van der Waals surface area contributed by atoms with E-state index in [1.54, 1.807) is 6.07 Å². The number of aromatic carboxylic acids is 1. The Labute approximate surface area is 127 Å². The Bertz CT molecular complexity index is 867. The molecule has 0 atom stereocenters. The first kappa shape index (κ1) is 14.9. The van der Waals surface area contributed by atoms with E-state index >= 15 is 0 Å². The van der Waals surface area contributed by atoms with Gasteiger partial charge in [-0.05, 0) is 24.3 Å². The monoisotopic (exact) mass is 325 g/mol. The normalized spacial score (nSPS) is 11.8. The zero-order valence-electron chi connectivity index (χ0n) is 11.5. The largest absolute Gasteiger partial charge is 0.573 e. The number of carbonyl (C=O) groups is 1. The zero-order chi connectivity index (χ0) is 16.6. The van der Waals surface area contributed by atoms with Gasteiger partial charge in [0.1, 0.15) is 5.75 Å². The number of benzene rings is 1. The van der Waals surface area contributed by atoms with Crippen molar-refractivity contribution in [2.45, 2.75) is 12.9 Å². The summed E-state index contributed by atoms with van der Waals surface area (Å²) in [4.78, 5) is 13.8. The maximum Gasteiger partial charge on any atom is 0.573 e. The van der Waals surface area contributed by atoms with Gasteiger partial charge in [0.25, 0.3) is 0 Å². The average molecular weight is 325 g/mol. The minimum atomic E-state index is -4.74. The van der Waals surface area contributed by atoms with Gasteiger partial charge in [-0.1, -0.05) is 0 Å². The minimum Gasteiger partial charge on any atom is -0.478 e. The molecular weight excluding hydrogens is 315 g/mol. The van der Waals surface area contributed by atoms with E-state index < -0.39 is 12.3 Å². The Kier molecular flexibility index (Phi) is 3.47. The molecule has 0 aliphatic rings. The van der Waals surface area contributed by atoms with Crippen LogP contribution in [-0.2, 0) is 6.54 Å². The Balaban J connectivity index is 1.83. The molecule has 9 heteroatoms. The molecule has 0 fully saturated rings. The number of ether oxygens (including phenoxy) is 1. The summed E-state index contributed by atoms with van der Waals surface area (Å²) in [6.07, 6.45) is -2.15. The first-order valence-electron chi connectivity index (χ1n) is 6.43. The Hall–Kier alpha value is -2.97. The Morgan fingerprint density at radius 1 is 1.35 bits per heavy atom. The Morgan fingerprint density at radius 3 is 2.78 bits per heavy atom. The fourth-order valence-corrected chi connectivity index (χ4v) is 2.19. The van der Waals surface area contributed by atoms with Crippen LogP contribution in [0, 0.1) is 0 Å². The number of rotatable bonds is 4. The summed E-state index contributed by atoms with van der Waals surface area (Å²) in [6, 6.07) is 5.62. The standard InChI is InChI=1S/C14H10F3N3O3/c15-14(16,17)23-11-1-2-12-8(4-11)3-10(19-12)7-20-6-9(5-18-20)13(21)22/h1-6,19H,7H2,(H,21,22). The Morgan fingerprint density at radius 2 is 2.13 bits per heavy atom. The number of nitrogens with one attached hydrogen (secondary N) is 1. The van der Waals surface area contributed by atoms with Crippen LogP contribution in [0.2, 0.25) is 0 Å². The lowest BCUT2D eigenvalue weighted by Crippen LogP contribution is -2.16. The second kappa shape index (κ2) is 5.34. The van der Waals surface area contributed by atoms with Gasteiger partial charge in [0.05, 0.1) is 18.3 Å². The van der Waals surface area contributed by atoms with E-state index in [1.807, 2.05) is 0 Å². The second-order valence-electron chi connectivity index (χ2n) is 4.82. The van der Waals surface area contributed by atoms with Crippen LogP contribution in [0.25, 0.3) is 10.9 Å². The summed E-state index contributed by atoms with van der Waals surface area (Å²) in [5.41, 5.74) is 1.37. The van der Waals surface area contributed by atoms with Crippen molar-refractivity contribution >= 4 is 16.9 Å². The number of carboxylic acids is 1. The van der Waals surface area contributed by atoms with Crippen LogP contribution in [0.5, 0.6) is 5.75 Å². The molecule has 23 heavy (non-hydrogen) atoms. The highest BCUT2D eigenvalue weighted by atomic mass is 19.4. The van der Waals surface area contributed by atoms with E-state index in [0.717, 1.165) is 0 Å². The predicted octanol–water partition coefficient (Wildman–Crippen LogP) is 3.01. The van der Waals surface area contributed by atoms with Crippen LogP contribution in [0.3, 0.4) is 0 Å². The summed E-state index contributed by atoms with van der Waals surface area (Å²) < 4.78 is 41.9. The number of aromatic amines is 1. The minimum absolute atomic E-state index is 0.0574. The number of halogens is 3. The molecule has 0 radical (unpaired) electrons. The maximum absolute atomic E-state index is 12.2. The van der Waals surface area contributed by atoms with Crippen LogP contribution < -0.4 is 4.74 Å². The number of hydrogen-bond acceptors (Lipinski definition) is 3. The van der Waals surface area contributed by atoms with Gasteiger partial charge in [-0.15, -0.1) is 13.2 Å². The van der Waals surface area contributed by atoms with Gasteiger partial charge >= 0.3 is 12.3 Å². The third kappa shape index (κ3) is 3.44. The molecule has 0 spiro atoms. The number of alkyl halides is 3. The van der Waals surface area contributed by atoms with Gasteiger partial charge in [0.15, 0.2) is 0 Å². The van der Waals surface area contributed by atoms with Crippen LogP contribution in [0.4, 0.5) is 13.2 Å². The number of hydrogen-bond donors (Lipinski definition) is 2. The molecule has 3 aromatic rings. The molecule has 120 valence electrons. The van der Waals surface area contributed by atoms with Gasteiger partial charge in [0.2, 0.25) is 0 Å². The van der Waals surface area contributed by atoms with Crippen molar-refractivity contribution in [2.24, 2.45) is 0 Å². The average Bonchev–Trinajstić information content (AvgIpc) is 3.03. The van der Waals surface area contributed by atoms with Gasteiger partial charge < -0.3 is 14.8 Å². The molecule has 3 rings (SSSR count).